The average molecular weight is 481 g/mol. The first kappa shape index (κ1) is 23.0. The molecular formula is C25H20ClF2N4P. The van der Waals surface area contributed by atoms with Crippen LogP contribution in [0.15, 0.2) is 42.6 Å². The second-order valence-corrected chi connectivity index (χ2v) is 10.3. The van der Waals surface area contributed by atoms with Crippen LogP contribution in [0.1, 0.15) is 16.8 Å². The lowest BCUT2D eigenvalue weighted by molar-refractivity contribution is 0.613. The number of terminal acetylenes is 1. The van der Waals surface area contributed by atoms with Crippen LogP contribution < -0.4 is 10.8 Å². The summed E-state index contributed by atoms with van der Waals surface area (Å²) in [6.07, 6.45) is 7.05. The molecule has 4 rings (SSSR count). The van der Waals surface area contributed by atoms with Gasteiger partial charge in [-0.15, -0.1) is 6.42 Å². The number of hydrogen-bond donors (Lipinski definition) is 1. The number of anilines is 1. The van der Waals surface area contributed by atoms with Gasteiger partial charge in [-0.05, 0) is 50.6 Å². The first-order chi connectivity index (χ1) is 15.8. The first-order valence-corrected chi connectivity index (χ1v) is 12.7. The normalized spacial score (nSPS) is 11.1. The molecular weight excluding hydrogens is 461 g/mol. The quantitative estimate of drug-likeness (QED) is 0.286. The van der Waals surface area contributed by atoms with Crippen molar-refractivity contribution in [3.8, 4) is 23.6 Å². The number of pyridine rings is 3. The molecule has 4 aromatic rings. The molecule has 3 aromatic heterocycles. The van der Waals surface area contributed by atoms with Gasteiger partial charge in [0.15, 0.2) is 5.82 Å². The third-order valence-corrected chi connectivity index (χ3v) is 6.81. The largest absolute Gasteiger partial charge is 0.378 e. The van der Waals surface area contributed by atoms with E-state index in [1.807, 2.05) is 6.07 Å². The van der Waals surface area contributed by atoms with E-state index in [4.69, 9.17) is 18.0 Å². The van der Waals surface area contributed by atoms with Gasteiger partial charge in [-0.3, -0.25) is 4.98 Å². The summed E-state index contributed by atoms with van der Waals surface area (Å²) in [7, 11) is -0.365. The van der Waals surface area contributed by atoms with Gasteiger partial charge in [-0.1, -0.05) is 25.4 Å². The van der Waals surface area contributed by atoms with Crippen LogP contribution in [-0.2, 0) is 6.54 Å². The molecule has 166 valence electrons. The predicted octanol–water partition coefficient (Wildman–Crippen LogP) is 5.89. The van der Waals surface area contributed by atoms with Crippen molar-refractivity contribution in [3.63, 3.8) is 0 Å². The SMILES string of the molecule is C#Cc1ccc(F)c(CNc2c(Cl)c(C)nc3cc(F)c(-c4ccc(P(C)C)nc4)nc23)c1. The zero-order valence-electron chi connectivity index (χ0n) is 18.2. The smallest absolute Gasteiger partial charge is 0.151 e. The molecule has 4 nitrogen and oxygen atoms in total. The molecule has 0 atom stereocenters. The standard InChI is InChI=1S/C25H20ClF2N4P/c1-5-15-6-8-18(27)17(10-15)13-30-25-22(26)14(2)31-20-11-19(28)23(32-24(20)25)16-7-9-21(29-12-16)33(3)4/h1,6-12H,13H2,2-4H3,(H,30,31). The summed E-state index contributed by atoms with van der Waals surface area (Å²) in [6, 6.07) is 9.46. The van der Waals surface area contributed by atoms with Crippen LogP contribution in [0.2, 0.25) is 5.02 Å². The van der Waals surface area contributed by atoms with Gasteiger partial charge < -0.3 is 5.32 Å². The average Bonchev–Trinajstić information content (AvgIpc) is 2.80. The zero-order valence-corrected chi connectivity index (χ0v) is 19.9. The van der Waals surface area contributed by atoms with Crippen LogP contribution >= 0.6 is 19.5 Å². The summed E-state index contributed by atoms with van der Waals surface area (Å²) in [5.74, 6) is 1.58. The van der Waals surface area contributed by atoms with Gasteiger partial charge in [0, 0.05) is 35.5 Å². The van der Waals surface area contributed by atoms with E-state index in [1.165, 1.54) is 18.2 Å². The third kappa shape index (κ3) is 4.66. The molecule has 0 spiro atoms. The molecule has 0 aliphatic heterocycles. The second kappa shape index (κ2) is 9.39. The van der Waals surface area contributed by atoms with Crippen LogP contribution in [0.25, 0.3) is 22.3 Å². The van der Waals surface area contributed by atoms with Gasteiger partial charge in [0.2, 0.25) is 0 Å². The minimum Gasteiger partial charge on any atom is -0.378 e. The van der Waals surface area contributed by atoms with E-state index in [2.05, 4.69) is 39.5 Å². The molecule has 0 fully saturated rings. The molecule has 0 bridgehead atoms. The molecule has 33 heavy (non-hydrogen) atoms. The molecule has 0 amide bonds. The molecule has 0 saturated carbocycles. The fourth-order valence-electron chi connectivity index (χ4n) is 3.40. The van der Waals surface area contributed by atoms with E-state index in [0.29, 0.717) is 44.1 Å². The summed E-state index contributed by atoms with van der Waals surface area (Å²) in [5.41, 5.74) is 4.27. The lowest BCUT2D eigenvalue weighted by atomic mass is 10.1. The molecule has 1 N–H and O–H groups in total. The fraction of sp³-hybridized carbons (Fsp3) is 0.160. The molecule has 0 saturated heterocycles. The Morgan fingerprint density at radius 2 is 1.88 bits per heavy atom. The first-order valence-electron chi connectivity index (χ1n) is 10.1. The number of benzene rings is 1. The van der Waals surface area contributed by atoms with Crippen LogP contribution in [0, 0.1) is 30.9 Å². The number of nitrogens with one attached hydrogen (secondary N) is 1. The summed E-state index contributed by atoms with van der Waals surface area (Å²) < 4.78 is 29.3. The maximum absolute atomic E-state index is 15.0. The van der Waals surface area contributed by atoms with Crippen LogP contribution in [0.3, 0.4) is 0 Å². The third-order valence-electron chi connectivity index (χ3n) is 5.17. The highest BCUT2D eigenvalue weighted by Gasteiger charge is 2.18. The maximum Gasteiger partial charge on any atom is 0.151 e. The van der Waals surface area contributed by atoms with Gasteiger partial charge in [-0.25, -0.2) is 18.7 Å². The Labute approximate surface area is 197 Å². The second-order valence-electron chi connectivity index (χ2n) is 7.68. The van der Waals surface area contributed by atoms with Crippen molar-refractivity contribution in [2.24, 2.45) is 0 Å². The van der Waals surface area contributed by atoms with Crippen molar-refractivity contribution in [2.75, 3.05) is 18.6 Å². The van der Waals surface area contributed by atoms with Gasteiger partial charge in [0.05, 0.1) is 27.4 Å². The Bertz CT molecular complexity index is 1400. The molecule has 0 aliphatic carbocycles. The summed E-state index contributed by atoms with van der Waals surface area (Å²) in [6.45, 7) is 6.03. The van der Waals surface area contributed by atoms with Crippen molar-refractivity contribution < 1.29 is 8.78 Å². The Kier molecular flexibility index (Phi) is 6.56. The van der Waals surface area contributed by atoms with Crippen LogP contribution in [0.4, 0.5) is 14.5 Å². The predicted molar refractivity (Wildman–Crippen MR) is 133 cm³/mol. The lowest BCUT2D eigenvalue weighted by Crippen LogP contribution is -2.07. The van der Waals surface area contributed by atoms with Gasteiger partial charge in [-0.2, -0.15) is 0 Å². The number of fused-ring (bicyclic) bond motifs is 1. The van der Waals surface area contributed by atoms with Gasteiger partial charge in [0.1, 0.15) is 17.0 Å². The molecule has 8 heteroatoms. The summed E-state index contributed by atoms with van der Waals surface area (Å²) in [4.78, 5) is 13.4. The minimum atomic E-state index is -0.514. The van der Waals surface area contributed by atoms with E-state index in [-0.39, 0.29) is 20.2 Å². The van der Waals surface area contributed by atoms with Gasteiger partial charge in [0.25, 0.3) is 0 Å². The number of rotatable bonds is 5. The maximum atomic E-state index is 15.0. The number of aryl methyl sites for hydroxylation is 1. The highest BCUT2D eigenvalue weighted by atomic mass is 35.5. The van der Waals surface area contributed by atoms with E-state index < -0.39 is 11.6 Å². The van der Waals surface area contributed by atoms with Crippen molar-refractivity contribution in [2.45, 2.75) is 13.5 Å². The van der Waals surface area contributed by atoms with Gasteiger partial charge >= 0.3 is 0 Å². The number of halogens is 3. The molecule has 0 radical (unpaired) electrons. The number of nitrogens with zero attached hydrogens (tertiary/aromatic N) is 3. The van der Waals surface area contributed by atoms with Crippen molar-refractivity contribution in [1.82, 2.24) is 15.0 Å². The Hall–Kier alpha value is -3.13. The van der Waals surface area contributed by atoms with E-state index in [1.54, 1.807) is 25.3 Å². The molecule has 0 unspecified atom stereocenters. The van der Waals surface area contributed by atoms with E-state index in [9.17, 15) is 8.78 Å². The number of hydrogen-bond acceptors (Lipinski definition) is 4. The monoisotopic (exact) mass is 480 g/mol. The van der Waals surface area contributed by atoms with E-state index >= 15 is 0 Å². The molecule has 1 aromatic carbocycles. The zero-order chi connectivity index (χ0) is 23.7. The number of aromatic nitrogens is 3. The Morgan fingerprint density at radius 1 is 1.09 bits per heavy atom. The fourth-order valence-corrected chi connectivity index (χ4v) is 4.26. The van der Waals surface area contributed by atoms with Crippen molar-refractivity contribution in [3.05, 3.63) is 76.1 Å². The highest BCUT2D eigenvalue weighted by Crippen LogP contribution is 2.34. The Balaban J connectivity index is 1.79. The van der Waals surface area contributed by atoms with Crippen LogP contribution in [-0.4, -0.2) is 28.3 Å². The summed E-state index contributed by atoms with van der Waals surface area (Å²) >= 11 is 6.54. The topological polar surface area (TPSA) is 50.7 Å². The Morgan fingerprint density at radius 3 is 2.55 bits per heavy atom. The van der Waals surface area contributed by atoms with Crippen molar-refractivity contribution >= 4 is 41.7 Å². The minimum absolute atomic E-state index is 0.112. The molecule has 3 heterocycles. The summed E-state index contributed by atoms with van der Waals surface area (Å²) in [5, 5.41) is 3.48. The van der Waals surface area contributed by atoms with Crippen LogP contribution in [0.5, 0.6) is 0 Å². The highest BCUT2D eigenvalue weighted by molar-refractivity contribution is 7.63. The van der Waals surface area contributed by atoms with Crippen molar-refractivity contribution in [1.29, 1.82) is 0 Å². The lowest BCUT2D eigenvalue weighted by Gasteiger charge is -2.15. The molecule has 0 aliphatic rings. The van der Waals surface area contributed by atoms with E-state index in [0.717, 1.165) is 5.44 Å².